The molecule has 2 aromatic carbocycles. The van der Waals surface area contributed by atoms with Gasteiger partial charge in [-0.15, -0.1) is 11.3 Å². The Morgan fingerprint density at radius 3 is 2.62 bits per heavy atom. The monoisotopic (exact) mass is 584 g/mol. The third-order valence-corrected chi connectivity index (χ3v) is 8.23. The maximum atomic E-state index is 12.5. The molecule has 216 valence electrons. The van der Waals surface area contributed by atoms with E-state index in [4.69, 9.17) is 9.02 Å². The standard InChI is InChI=1S/C29H40N6O3S2/c1-5-6-7-8-22-9-12-24(13-10-22)34(3)40-38-32-25-19-23(11-14-27(25)37-4)26-21-39-29(30-26)31-28(36)20-35-17-15-33(2)16-18-35/h9-14,19,21,32H,5-8,15-18,20H2,1-4H3,(H,30,31,36). The second-order valence-electron chi connectivity index (χ2n) is 9.96. The van der Waals surface area contributed by atoms with Crippen LogP contribution >= 0.6 is 23.6 Å². The molecule has 1 aliphatic rings. The van der Waals surface area contributed by atoms with Crippen LogP contribution in [0.1, 0.15) is 31.7 Å². The fourth-order valence-electron chi connectivity index (χ4n) is 4.39. The summed E-state index contributed by atoms with van der Waals surface area (Å²) in [6, 6.07) is 14.3. The number of unbranched alkanes of at least 4 members (excludes halogenated alkanes) is 2. The predicted octanol–water partition coefficient (Wildman–Crippen LogP) is 5.78. The number of benzene rings is 2. The molecule has 0 atom stereocenters. The molecule has 2 heterocycles. The number of nitrogens with one attached hydrogen (secondary N) is 2. The smallest absolute Gasteiger partial charge is 0.240 e. The van der Waals surface area contributed by atoms with Crippen LogP contribution < -0.4 is 19.8 Å². The number of carbonyl (C=O) groups excluding carboxylic acids is 1. The van der Waals surface area contributed by atoms with Crippen molar-refractivity contribution in [2.75, 3.05) is 69.0 Å². The molecule has 0 bridgehead atoms. The molecule has 40 heavy (non-hydrogen) atoms. The number of anilines is 3. The average molecular weight is 585 g/mol. The zero-order valence-corrected chi connectivity index (χ0v) is 25.4. The molecule has 0 aliphatic carbocycles. The van der Waals surface area contributed by atoms with E-state index in [9.17, 15) is 4.79 Å². The zero-order valence-electron chi connectivity index (χ0n) is 23.8. The minimum absolute atomic E-state index is 0.0387. The molecule has 4 rings (SSSR count). The summed E-state index contributed by atoms with van der Waals surface area (Å²) in [5.74, 6) is 0.614. The Bertz CT molecular complexity index is 1210. The molecule has 9 nitrogen and oxygen atoms in total. The third kappa shape index (κ3) is 8.84. The number of likely N-dealkylation sites (N-methyl/N-ethyl adjacent to an activating group) is 1. The van der Waals surface area contributed by atoms with Crippen LogP contribution in [0.2, 0.25) is 0 Å². The molecule has 0 radical (unpaired) electrons. The van der Waals surface area contributed by atoms with Crippen LogP contribution in [0.5, 0.6) is 5.75 Å². The van der Waals surface area contributed by atoms with Crippen molar-refractivity contribution in [3.05, 3.63) is 53.4 Å². The number of hydrogen-bond acceptors (Lipinski definition) is 10. The maximum Gasteiger partial charge on any atom is 0.240 e. The van der Waals surface area contributed by atoms with Gasteiger partial charge in [-0.2, -0.15) is 4.28 Å². The number of methoxy groups -OCH3 is 1. The molecule has 1 aliphatic heterocycles. The Morgan fingerprint density at radius 1 is 1.12 bits per heavy atom. The zero-order chi connectivity index (χ0) is 28.3. The van der Waals surface area contributed by atoms with Crippen LogP contribution in [0, 0.1) is 0 Å². The lowest BCUT2D eigenvalue weighted by molar-refractivity contribution is -0.117. The van der Waals surface area contributed by atoms with Crippen molar-refractivity contribution < 1.29 is 13.8 Å². The summed E-state index contributed by atoms with van der Waals surface area (Å²) in [5, 5.41) is 5.47. The number of thiazole rings is 1. The summed E-state index contributed by atoms with van der Waals surface area (Å²) >= 11 is 2.61. The van der Waals surface area contributed by atoms with Gasteiger partial charge in [0.25, 0.3) is 0 Å². The lowest BCUT2D eigenvalue weighted by Gasteiger charge is -2.31. The molecule has 0 saturated carbocycles. The predicted molar refractivity (Wildman–Crippen MR) is 167 cm³/mol. The van der Waals surface area contributed by atoms with Crippen molar-refractivity contribution in [3.63, 3.8) is 0 Å². The summed E-state index contributed by atoms with van der Waals surface area (Å²) in [6.45, 7) is 6.36. The first-order valence-electron chi connectivity index (χ1n) is 13.7. The Morgan fingerprint density at radius 2 is 1.90 bits per heavy atom. The molecular formula is C29H40N6O3S2. The van der Waals surface area contributed by atoms with Crippen LogP contribution in [-0.4, -0.2) is 74.6 Å². The van der Waals surface area contributed by atoms with E-state index in [2.05, 4.69) is 63.8 Å². The maximum absolute atomic E-state index is 12.5. The van der Waals surface area contributed by atoms with Crippen LogP contribution in [0.3, 0.4) is 0 Å². The van der Waals surface area contributed by atoms with Gasteiger partial charge in [0.05, 0.1) is 19.3 Å². The molecule has 1 aromatic heterocycles. The van der Waals surface area contributed by atoms with Gasteiger partial charge in [0.15, 0.2) is 5.13 Å². The third-order valence-electron chi connectivity index (χ3n) is 6.88. The number of rotatable bonds is 14. The fourth-order valence-corrected chi connectivity index (χ4v) is 5.58. The summed E-state index contributed by atoms with van der Waals surface area (Å²) < 4.78 is 13.2. The summed E-state index contributed by atoms with van der Waals surface area (Å²) in [5.41, 5.74) is 7.75. The molecule has 11 heteroatoms. The Labute approximate surface area is 246 Å². The van der Waals surface area contributed by atoms with E-state index in [1.165, 1.54) is 48.4 Å². The largest absolute Gasteiger partial charge is 0.495 e. The van der Waals surface area contributed by atoms with Crippen LogP contribution in [0.15, 0.2) is 47.8 Å². The molecule has 1 fully saturated rings. The van der Waals surface area contributed by atoms with E-state index in [0.717, 1.165) is 49.5 Å². The summed E-state index contributed by atoms with van der Waals surface area (Å²) in [4.78, 5) is 21.6. The minimum Gasteiger partial charge on any atom is -0.495 e. The molecule has 3 aromatic rings. The van der Waals surface area contributed by atoms with E-state index in [0.29, 0.717) is 23.1 Å². The molecule has 0 spiro atoms. The van der Waals surface area contributed by atoms with Gasteiger partial charge >= 0.3 is 0 Å². The number of amides is 1. The number of hydrogen-bond donors (Lipinski definition) is 2. The average Bonchev–Trinajstić information content (AvgIpc) is 3.43. The fraction of sp³-hybridized carbons (Fsp3) is 0.448. The number of ether oxygens (including phenoxy) is 1. The van der Waals surface area contributed by atoms with Crippen LogP contribution in [0.25, 0.3) is 11.3 Å². The first-order valence-corrected chi connectivity index (χ1v) is 15.3. The van der Waals surface area contributed by atoms with Gasteiger partial charge in [0.1, 0.15) is 23.7 Å². The SMILES string of the molecule is CCCCCc1ccc(N(C)SONc2cc(-c3csc(NC(=O)CN4CCN(C)CC4)n3)ccc2OC)cc1. The Balaban J connectivity index is 1.30. The van der Waals surface area contributed by atoms with Gasteiger partial charge in [0, 0.05) is 49.9 Å². The van der Waals surface area contributed by atoms with Crippen molar-refractivity contribution in [1.82, 2.24) is 14.8 Å². The van der Waals surface area contributed by atoms with Crippen LogP contribution in [0.4, 0.5) is 16.5 Å². The van der Waals surface area contributed by atoms with E-state index < -0.39 is 0 Å². The first-order chi connectivity index (χ1) is 19.4. The quantitative estimate of drug-likeness (QED) is 0.106. The first kappa shape index (κ1) is 30.1. The highest BCUT2D eigenvalue weighted by Crippen LogP contribution is 2.33. The van der Waals surface area contributed by atoms with Gasteiger partial charge in [0.2, 0.25) is 5.91 Å². The Hall–Kier alpha value is -2.83. The highest BCUT2D eigenvalue weighted by Gasteiger charge is 2.18. The number of aryl methyl sites for hydroxylation is 1. The highest BCUT2D eigenvalue weighted by molar-refractivity contribution is 7.96. The van der Waals surface area contributed by atoms with Gasteiger partial charge in [-0.1, -0.05) is 31.9 Å². The van der Waals surface area contributed by atoms with Crippen molar-refractivity contribution in [2.24, 2.45) is 0 Å². The minimum atomic E-state index is -0.0387. The lowest BCUT2D eigenvalue weighted by Crippen LogP contribution is -2.47. The number of aromatic nitrogens is 1. The van der Waals surface area contributed by atoms with Gasteiger partial charge in [-0.25, -0.2) is 10.5 Å². The van der Waals surface area contributed by atoms with E-state index in [1.807, 2.05) is 34.9 Å². The molecule has 2 N–H and O–H groups in total. The number of nitrogens with zero attached hydrogens (tertiary/aromatic N) is 4. The molecular weight excluding hydrogens is 544 g/mol. The van der Waals surface area contributed by atoms with Gasteiger partial charge in [-0.3, -0.25) is 14.0 Å². The highest BCUT2D eigenvalue weighted by atomic mass is 32.2. The lowest BCUT2D eigenvalue weighted by atomic mass is 10.1. The second kappa shape index (κ2) is 15.2. The van der Waals surface area contributed by atoms with Crippen molar-refractivity contribution in [1.29, 1.82) is 0 Å². The van der Waals surface area contributed by atoms with E-state index in [-0.39, 0.29) is 5.91 Å². The molecule has 1 saturated heterocycles. The molecule has 1 amide bonds. The van der Waals surface area contributed by atoms with Gasteiger partial charge in [-0.05, 0) is 55.8 Å². The second-order valence-corrected chi connectivity index (χ2v) is 11.7. The van der Waals surface area contributed by atoms with Gasteiger partial charge < -0.3 is 15.0 Å². The van der Waals surface area contributed by atoms with E-state index in [1.54, 1.807) is 7.11 Å². The summed E-state index contributed by atoms with van der Waals surface area (Å²) in [7, 11) is 5.69. The van der Waals surface area contributed by atoms with Crippen molar-refractivity contribution in [3.8, 4) is 17.0 Å². The topological polar surface area (TPSA) is 82.2 Å². The molecule has 0 unspecified atom stereocenters. The van der Waals surface area contributed by atoms with E-state index >= 15 is 0 Å². The van der Waals surface area contributed by atoms with Crippen LogP contribution in [-0.2, 0) is 15.5 Å². The Kier molecular flexibility index (Phi) is 11.5. The van der Waals surface area contributed by atoms with Crippen molar-refractivity contribution in [2.45, 2.75) is 32.6 Å². The number of piperazine rings is 1. The number of carbonyl (C=O) groups is 1. The summed E-state index contributed by atoms with van der Waals surface area (Å²) in [6.07, 6.45) is 4.83. The normalized spacial score (nSPS) is 14.2. The van der Waals surface area contributed by atoms with Crippen molar-refractivity contribution >= 4 is 46.0 Å².